The minimum Gasteiger partial charge on any atom is -0.115 e. The molecule has 0 heteroatoms. The van der Waals surface area contributed by atoms with E-state index in [0.29, 0.717) is 0 Å². The van der Waals surface area contributed by atoms with Gasteiger partial charge in [0.25, 0.3) is 0 Å². The maximum atomic E-state index is 5.19. The molecule has 0 amide bonds. The summed E-state index contributed by atoms with van der Waals surface area (Å²) in [7, 11) is 0. The van der Waals surface area contributed by atoms with E-state index in [4.69, 9.17) is 12.8 Å². The van der Waals surface area contributed by atoms with Crippen molar-refractivity contribution in [1.29, 1.82) is 0 Å². The quantitative estimate of drug-likeness (QED) is 0.158. The van der Waals surface area contributed by atoms with E-state index in [0.717, 1.165) is 18.8 Å². The first-order valence-electron chi connectivity index (χ1n) is 11.5. The molecule has 0 nitrogen and oxygen atoms in total. The van der Waals surface area contributed by atoms with Gasteiger partial charge >= 0.3 is 0 Å². The highest BCUT2D eigenvalue weighted by Gasteiger charge is 2.02. The fourth-order valence-corrected chi connectivity index (χ4v) is 3.55. The van der Waals surface area contributed by atoms with Crippen LogP contribution >= 0.6 is 0 Å². The molecule has 0 saturated carbocycles. The first-order valence-corrected chi connectivity index (χ1v) is 11.5. The first-order chi connectivity index (χ1) is 13.3. The van der Waals surface area contributed by atoms with Crippen LogP contribution in [0.25, 0.3) is 0 Å². The molecule has 0 aromatic heterocycles. The van der Waals surface area contributed by atoms with Crippen LogP contribution in [0, 0.1) is 30.6 Å². The van der Waals surface area contributed by atoms with Gasteiger partial charge in [0.2, 0.25) is 0 Å². The standard InChI is InChI=1S/C27H44/c1-4-6-8-10-12-14-15-16-17-18-20-22-24-26-27(3)25-23-21-19-13-11-9-7-5-2/h1-2,6-9,27H,10-26H2,3H3/b8-6-,9-7-. The number of unbranched alkanes of at least 4 members (excludes halogenated alkanes) is 13. The van der Waals surface area contributed by atoms with Gasteiger partial charge in [-0.25, -0.2) is 0 Å². The molecule has 1 atom stereocenters. The van der Waals surface area contributed by atoms with E-state index in [1.165, 1.54) is 96.3 Å². The van der Waals surface area contributed by atoms with Crippen molar-refractivity contribution >= 4 is 0 Å². The maximum Gasteiger partial charge on any atom is -0.0162 e. The van der Waals surface area contributed by atoms with Gasteiger partial charge in [-0.3, -0.25) is 0 Å². The summed E-state index contributed by atoms with van der Waals surface area (Å²) in [6, 6.07) is 0. The SMILES string of the molecule is C#C/C=C\CCCCCCCCCCCC(C)CCCCCC/C=C\C#C. The highest BCUT2D eigenvalue weighted by Crippen LogP contribution is 2.18. The van der Waals surface area contributed by atoms with Crippen LogP contribution < -0.4 is 0 Å². The highest BCUT2D eigenvalue weighted by atomic mass is 14.1. The van der Waals surface area contributed by atoms with Crippen LogP contribution in [0.4, 0.5) is 0 Å². The molecule has 0 saturated heterocycles. The molecule has 0 aromatic carbocycles. The molecular formula is C27H44. The third-order valence-corrected chi connectivity index (χ3v) is 5.31. The molecule has 0 fully saturated rings. The Hall–Kier alpha value is -1.40. The Kier molecular flexibility index (Phi) is 21.5. The minimum atomic E-state index is 0.912. The van der Waals surface area contributed by atoms with Gasteiger partial charge in [-0.1, -0.05) is 114 Å². The number of terminal acetylenes is 2. The second-order valence-corrected chi connectivity index (χ2v) is 7.99. The zero-order valence-electron chi connectivity index (χ0n) is 18.1. The second-order valence-electron chi connectivity index (χ2n) is 7.99. The summed E-state index contributed by atoms with van der Waals surface area (Å²) in [5.74, 6) is 6.01. The van der Waals surface area contributed by atoms with Crippen LogP contribution in [0.15, 0.2) is 24.3 Å². The molecular weight excluding hydrogens is 324 g/mol. The van der Waals surface area contributed by atoms with Gasteiger partial charge in [-0.05, 0) is 43.8 Å². The average Bonchev–Trinajstić information content (AvgIpc) is 2.67. The van der Waals surface area contributed by atoms with Crippen molar-refractivity contribution in [3.63, 3.8) is 0 Å². The smallest absolute Gasteiger partial charge is 0.0162 e. The van der Waals surface area contributed by atoms with E-state index in [-0.39, 0.29) is 0 Å². The van der Waals surface area contributed by atoms with E-state index in [1.807, 2.05) is 12.2 Å². The van der Waals surface area contributed by atoms with Gasteiger partial charge in [0, 0.05) is 0 Å². The van der Waals surface area contributed by atoms with Crippen LogP contribution in [0.2, 0.25) is 0 Å². The molecule has 0 aromatic rings. The number of rotatable bonds is 19. The van der Waals surface area contributed by atoms with Crippen molar-refractivity contribution in [3.05, 3.63) is 24.3 Å². The molecule has 0 spiro atoms. The maximum absolute atomic E-state index is 5.19. The van der Waals surface area contributed by atoms with Gasteiger partial charge in [-0.15, -0.1) is 12.8 Å². The minimum absolute atomic E-state index is 0.912. The molecule has 0 aliphatic rings. The summed E-state index contributed by atoms with van der Waals surface area (Å²) in [6.07, 6.45) is 41.4. The molecule has 0 bridgehead atoms. The third kappa shape index (κ3) is 22.6. The normalized spacial score (nSPS) is 12.4. The van der Waals surface area contributed by atoms with Crippen molar-refractivity contribution in [1.82, 2.24) is 0 Å². The van der Waals surface area contributed by atoms with Crippen LogP contribution in [-0.2, 0) is 0 Å². The molecule has 0 N–H and O–H groups in total. The van der Waals surface area contributed by atoms with Gasteiger partial charge in [-0.2, -0.15) is 0 Å². The van der Waals surface area contributed by atoms with E-state index in [1.54, 1.807) is 0 Å². The zero-order valence-corrected chi connectivity index (χ0v) is 18.1. The predicted molar refractivity (Wildman–Crippen MR) is 124 cm³/mol. The van der Waals surface area contributed by atoms with Crippen molar-refractivity contribution in [2.75, 3.05) is 0 Å². The van der Waals surface area contributed by atoms with Crippen molar-refractivity contribution < 1.29 is 0 Å². The Morgan fingerprint density at radius 1 is 0.556 bits per heavy atom. The Morgan fingerprint density at radius 2 is 0.889 bits per heavy atom. The van der Waals surface area contributed by atoms with Gasteiger partial charge < -0.3 is 0 Å². The molecule has 27 heavy (non-hydrogen) atoms. The first kappa shape index (κ1) is 25.6. The third-order valence-electron chi connectivity index (χ3n) is 5.31. The topological polar surface area (TPSA) is 0 Å². The monoisotopic (exact) mass is 368 g/mol. The Balaban J connectivity index is 3.20. The number of hydrogen-bond acceptors (Lipinski definition) is 0. The average molecular weight is 369 g/mol. The lowest BCUT2D eigenvalue weighted by Crippen LogP contribution is -1.95. The van der Waals surface area contributed by atoms with E-state index < -0.39 is 0 Å². The summed E-state index contributed by atoms with van der Waals surface area (Å²) >= 11 is 0. The summed E-state index contributed by atoms with van der Waals surface area (Å²) in [5, 5.41) is 0. The highest BCUT2D eigenvalue weighted by molar-refractivity contribution is 5.08. The molecule has 1 unspecified atom stereocenters. The Morgan fingerprint density at radius 3 is 1.26 bits per heavy atom. The molecule has 0 heterocycles. The lowest BCUT2D eigenvalue weighted by atomic mass is 9.96. The Labute approximate surface area is 171 Å². The fourth-order valence-electron chi connectivity index (χ4n) is 3.55. The zero-order chi connectivity index (χ0) is 19.8. The number of hydrogen-bond donors (Lipinski definition) is 0. The van der Waals surface area contributed by atoms with Crippen molar-refractivity contribution in [2.24, 2.45) is 5.92 Å². The Bertz CT molecular complexity index is 426. The van der Waals surface area contributed by atoms with Crippen LogP contribution in [0.5, 0.6) is 0 Å². The van der Waals surface area contributed by atoms with Gasteiger partial charge in [0.1, 0.15) is 0 Å². The van der Waals surface area contributed by atoms with E-state index in [9.17, 15) is 0 Å². The van der Waals surface area contributed by atoms with E-state index >= 15 is 0 Å². The van der Waals surface area contributed by atoms with Crippen LogP contribution in [-0.4, -0.2) is 0 Å². The molecule has 0 aliphatic carbocycles. The largest absolute Gasteiger partial charge is 0.115 e. The van der Waals surface area contributed by atoms with Gasteiger partial charge in [0.05, 0.1) is 0 Å². The van der Waals surface area contributed by atoms with E-state index in [2.05, 4.69) is 30.9 Å². The fraction of sp³-hybridized carbons (Fsp3) is 0.704. The summed E-state index contributed by atoms with van der Waals surface area (Å²) in [4.78, 5) is 0. The van der Waals surface area contributed by atoms with Crippen molar-refractivity contribution in [2.45, 2.75) is 116 Å². The van der Waals surface area contributed by atoms with Gasteiger partial charge in [0.15, 0.2) is 0 Å². The number of allylic oxidation sites excluding steroid dienone is 4. The van der Waals surface area contributed by atoms with Crippen LogP contribution in [0.3, 0.4) is 0 Å². The molecule has 0 aliphatic heterocycles. The second kappa shape index (κ2) is 22.6. The summed E-state index contributed by atoms with van der Waals surface area (Å²) in [5.41, 5.74) is 0. The summed E-state index contributed by atoms with van der Waals surface area (Å²) < 4.78 is 0. The lowest BCUT2D eigenvalue weighted by molar-refractivity contribution is 0.432. The summed E-state index contributed by atoms with van der Waals surface area (Å²) in [6.45, 7) is 2.44. The molecule has 0 radical (unpaired) electrons. The molecule has 0 rings (SSSR count). The van der Waals surface area contributed by atoms with Crippen LogP contribution in [0.1, 0.15) is 116 Å². The van der Waals surface area contributed by atoms with Crippen molar-refractivity contribution in [3.8, 4) is 24.7 Å². The predicted octanol–water partition coefficient (Wildman–Crippen LogP) is 8.63. The molecule has 152 valence electrons. The lowest BCUT2D eigenvalue weighted by Gasteiger charge is -2.11.